The summed E-state index contributed by atoms with van der Waals surface area (Å²) in [5, 5.41) is 10.5. The van der Waals surface area contributed by atoms with Crippen LogP contribution in [0.1, 0.15) is 31.2 Å². The fourth-order valence-electron chi connectivity index (χ4n) is 5.31. The van der Waals surface area contributed by atoms with Crippen LogP contribution in [-0.2, 0) is 6.54 Å². The smallest absolute Gasteiger partial charge is 0.222 e. The molecular weight excluding hydrogens is 474 g/mol. The third-order valence-electron chi connectivity index (χ3n) is 7.46. The van der Waals surface area contributed by atoms with Gasteiger partial charge in [0.05, 0.1) is 0 Å². The van der Waals surface area contributed by atoms with Gasteiger partial charge >= 0.3 is 0 Å². The molecule has 3 aromatic rings. The first-order valence-corrected chi connectivity index (χ1v) is 14.0. The second-order valence-corrected chi connectivity index (χ2v) is 10.3. The number of aromatic nitrogens is 3. The first kappa shape index (κ1) is 26.5. The van der Waals surface area contributed by atoms with Gasteiger partial charge < -0.3 is 21.7 Å². The maximum absolute atomic E-state index is 5.78. The molecule has 5 N–H and O–H groups in total. The number of hydrogen-bond acceptors (Lipinski definition) is 9. The molecule has 0 radical (unpaired) electrons. The topological polar surface area (TPSA) is 107 Å². The van der Waals surface area contributed by atoms with Gasteiger partial charge in [-0.3, -0.25) is 9.80 Å². The molecule has 7 heterocycles. The van der Waals surface area contributed by atoms with E-state index in [1.807, 2.05) is 30.7 Å². The summed E-state index contributed by atoms with van der Waals surface area (Å²) in [4.78, 5) is 18.9. The summed E-state index contributed by atoms with van der Waals surface area (Å²) in [6.07, 6.45) is 10.1. The van der Waals surface area contributed by atoms with Crippen LogP contribution in [0.4, 0.5) is 17.5 Å². The van der Waals surface area contributed by atoms with Gasteiger partial charge in [-0.1, -0.05) is 18.6 Å². The van der Waals surface area contributed by atoms with Crippen LogP contribution in [0.5, 0.6) is 0 Å². The van der Waals surface area contributed by atoms with Gasteiger partial charge in [-0.05, 0) is 67.7 Å². The third kappa shape index (κ3) is 7.48. The number of nitrogens with two attached hydrogens (primary N) is 1. The van der Waals surface area contributed by atoms with Gasteiger partial charge in [-0.15, -0.1) is 0 Å². The minimum Gasteiger partial charge on any atom is -0.354 e. The van der Waals surface area contributed by atoms with Crippen molar-refractivity contribution < 1.29 is 0 Å². The van der Waals surface area contributed by atoms with Gasteiger partial charge in [0.15, 0.2) is 0 Å². The van der Waals surface area contributed by atoms with E-state index in [-0.39, 0.29) is 0 Å². The molecule has 0 spiro atoms. The quantitative estimate of drug-likeness (QED) is 0.389. The van der Waals surface area contributed by atoms with Crippen LogP contribution >= 0.6 is 0 Å². The number of pyridine rings is 1. The zero-order valence-corrected chi connectivity index (χ0v) is 22.3. The van der Waals surface area contributed by atoms with Crippen molar-refractivity contribution in [2.45, 2.75) is 38.3 Å². The number of hydrogen-bond donors (Lipinski definition) is 4. The Hall–Kier alpha value is -3.11. The average molecular weight is 516 g/mol. The van der Waals surface area contributed by atoms with E-state index in [2.05, 4.69) is 65.0 Å². The van der Waals surface area contributed by atoms with E-state index in [0.717, 1.165) is 94.4 Å². The van der Waals surface area contributed by atoms with Gasteiger partial charge in [-0.25, -0.2) is 15.0 Å². The fourth-order valence-corrected chi connectivity index (χ4v) is 5.31. The number of benzene rings is 1. The average Bonchev–Trinajstić information content (AvgIpc) is 2.95. The van der Waals surface area contributed by atoms with Gasteiger partial charge in [0.25, 0.3) is 0 Å². The highest BCUT2D eigenvalue weighted by Gasteiger charge is 2.23. The minimum atomic E-state index is 0.559. The van der Waals surface area contributed by atoms with Crippen molar-refractivity contribution >= 4 is 17.5 Å². The highest BCUT2D eigenvalue weighted by molar-refractivity contribution is 5.67. The van der Waals surface area contributed by atoms with Crippen molar-refractivity contribution in [3.63, 3.8) is 0 Å². The van der Waals surface area contributed by atoms with Crippen molar-refractivity contribution in [1.29, 1.82) is 0 Å². The van der Waals surface area contributed by atoms with Crippen LogP contribution in [0.15, 0.2) is 55.0 Å². The molecule has 1 atom stereocenters. The number of piperazine rings is 1. The summed E-state index contributed by atoms with van der Waals surface area (Å²) in [5.41, 5.74) is 10.1. The summed E-state index contributed by atoms with van der Waals surface area (Å²) >= 11 is 0. The van der Waals surface area contributed by atoms with Gasteiger partial charge in [0.2, 0.25) is 5.95 Å². The Morgan fingerprint density at radius 2 is 1.79 bits per heavy atom. The van der Waals surface area contributed by atoms with Crippen molar-refractivity contribution in [2.24, 2.45) is 5.73 Å². The molecule has 0 saturated carbocycles. The highest BCUT2D eigenvalue weighted by atomic mass is 15.3. The van der Waals surface area contributed by atoms with Crippen LogP contribution in [-0.4, -0.2) is 83.2 Å². The predicted molar refractivity (Wildman–Crippen MR) is 155 cm³/mol. The lowest BCUT2D eigenvalue weighted by molar-refractivity contribution is 0.0864. The van der Waals surface area contributed by atoms with Crippen molar-refractivity contribution in [3.8, 4) is 11.1 Å². The number of nitrogens with zero attached hydrogens (tertiary/aromatic N) is 5. The molecular formula is C29H41N9. The molecule has 1 aromatic carbocycles. The molecule has 1 unspecified atom stereocenters. The molecule has 1 fully saturated rings. The SMILES string of the molecule is NCCCCC1CNCCCNc2ncc(cn2)-c2ccnc(c2)Nc2cccc(c2)CN2CCN1CC2. The third-order valence-corrected chi connectivity index (χ3v) is 7.46. The molecule has 8 rings (SSSR count). The largest absolute Gasteiger partial charge is 0.354 e. The molecule has 8 bridgehead atoms. The van der Waals surface area contributed by atoms with Gasteiger partial charge in [0, 0.05) is 81.7 Å². The summed E-state index contributed by atoms with van der Waals surface area (Å²) in [6, 6.07) is 13.3. The highest BCUT2D eigenvalue weighted by Crippen LogP contribution is 2.24. The molecule has 5 aliphatic rings. The summed E-state index contributed by atoms with van der Waals surface area (Å²) in [6.45, 7) is 8.98. The monoisotopic (exact) mass is 515 g/mol. The predicted octanol–water partition coefficient (Wildman–Crippen LogP) is 3.30. The minimum absolute atomic E-state index is 0.559. The number of rotatable bonds is 4. The van der Waals surface area contributed by atoms with Crippen LogP contribution in [0, 0.1) is 0 Å². The molecule has 5 aliphatic heterocycles. The van der Waals surface area contributed by atoms with Crippen molar-refractivity contribution in [3.05, 3.63) is 60.6 Å². The summed E-state index contributed by atoms with van der Waals surface area (Å²) in [5.74, 6) is 1.47. The molecule has 2 aromatic heterocycles. The lowest BCUT2D eigenvalue weighted by Gasteiger charge is -2.39. The van der Waals surface area contributed by atoms with Crippen LogP contribution in [0.2, 0.25) is 0 Å². The van der Waals surface area contributed by atoms with E-state index < -0.39 is 0 Å². The Balaban J connectivity index is 1.32. The second-order valence-electron chi connectivity index (χ2n) is 10.3. The van der Waals surface area contributed by atoms with Gasteiger partial charge in [0.1, 0.15) is 5.82 Å². The second kappa shape index (κ2) is 13.6. The maximum Gasteiger partial charge on any atom is 0.222 e. The van der Waals surface area contributed by atoms with Crippen LogP contribution in [0.3, 0.4) is 0 Å². The van der Waals surface area contributed by atoms with E-state index in [1.54, 1.807) is 0 Å². The zero-order chi connectivity index (χ0) is 26.0. The lowest BCUT2D eigenvalue weighted by atomic mass is 10.1. The first-order chi connectivity index (χ1) is 18.8. The molecule has 0 aliphatic carbocycles. The molecule has 202 valence electrons. The first-order valence-electron chi connectivity index (χ1n) is 14.0. The number of unbranched alkanes of at least 4 members (excludes halogenated alkanes) is 1. The van der Waals surface area contributed by atoms with E-state index in [4.69, 9.17) is 5.73 Å². The fraction of sp³-hybridized carbons (Fsp3) is 0.483. The lowest BCUT2D eigenvalue weighted by Crippen LogP contribution is -2.52. The van der Waals surface area contributed by atoms with Crippen LogP contribution in [0.25, 0.3) is 11.1 Å². The normalized spacial score (nSPS) is 22.4. The van der Waals surface area contributed by atoms with E-state index >= 15 is 0 Å². The summed E-state index contributed by atoms with van der Waals surface area (Å²) in [7, 11) is 0. The van der Waals surface area contributed by atoms with Crippen LogP contribution < -0.4 is 21.7 Å². The van der Waals surface area contributed by atoms with Crippen molar-refractivity contribution in [1.82, 2.24) is 30.1 Å². The molecule has 9 nitrogen and oxygen atoms in total. The Morgan fingerprint density at radius 3 is 2.63 bits per heavy atom. The summed E-state index contributed by atoms with van der Waals surface area (Å²) < 4.78 is 0. The molecule has 9 heteroatoms. The van der Waals surface area contributed by atoms with E-state index in [0.29, 0.717) is 12.0 Å². The number of anilines is 3. The molecule has 0 amide bonds. The molecule has 38 heavy (non-hydrogen) atoms. The maximum atomic E-state index is 5.78. The Labute approximate surface area is 226 Å². The van der Waals surface area contributed by atoms with E-state index in [1.165, 1.54) is 18.4 Å². The van der Waals surface area contributed by atoms with Crippen molar-refractivity contribution in [2.75, 3.05) is 63.0 Å². The van der Waals surface area contributed by atoms with E-state index in [9.17, 15) is 0 Å². The number of nitrogens with one attached hydrogen (secondary N) is 3. The zero-order valence-electron chi connectivity index (χ0n) is 22.3. The Bertz CT molecular complexity index is 1130. The Kier molecular flexibility index (Phi) is 9.49. The Morgan fingerprint density at radius 1 is 0.921 bits per heavy atom. The molecule has 1 saturated heterocycles. The standard InChI is InChI=1S/C29H41N9/c30-9-2-1-7-27-21-31-10-4-11-33-29-34-19-25(20-35-29)24-8-12-32-28(18-24)36-26-6-3-5-23(17-26)22-37-13-15-38(27)16-14-37/h3,5-6,8,12,17-20,27,31H,1-2,4,7,9-11,13-16,21-22,30H2,(H,32,36)(H,33,34,35). The van der Waals surface area contributed by atoms with Gasteiger partial charge in [-0.2, -0.15) is 0 Å².